The molecule has 0 saturated heterocycles. The second kappa shape index (κ2) is 3.22. The van der Waals surface area contributed by atoms with Crippen molar-refractivity contribution in [2.24, 2.45) is 0 Å². The van der Waals surface area contributed by atoms with Gasteiger partial charge in [0.05, 0.1) is 0 Å². The van der Waals surface area contributed by atoms with Crippen molar-refractivity contribution in [3.8, 4) is 5.69 Å². The van der Waals surface area contributed by atoms with Gasteiger partial charge in [0.1, 0.15) is 4.60 Å². The zero-order valence-corrected chi connectivity index (χ0v) is 8.40. The van der Waals surface area contributed by atoms with E-state index < -0.39 is 0 Å². The molecule has 3 nitrogen and oxygen atoms in total. The van der Waals surface area contributed by atoms with E-state index in [-0.39, 0.29) is 0 Å². The van der Waals surface area contributed by atoms with Crippen molar-refractivity contribution in [1.29, 1.82) is 0 Å². The zero-order valence-electron chi connectivity index (χ0n) is 6.81. The highest BCUT2D eigenvalue weighted by Crippen LogP contribution is 2.16. The minimum Gasteiger partial charge on any atom is -0.369 e. The summed E-state index contributed by atoms with van der Waals surface area (Å²) in [6.45, 7) is 0. The average molecular weight is 238 g/mol. The molecular weight excluding hydrogens is 230 g/mol. The molecule has 13 heavy (non-hydrogen) atoms. The Morgan fingerprint density at radius 1 is 1.23 bits per heavy atom. The molecule has 2 rings (SSSR count). The molecule has 0 aliphatic heterocycles. The van der Waals surface area contributed by atoms with Gasteiger partial charge in [-0.05, 0) is 28.1 Å². The number of halogens is 1. The summed E-state index contributed by atoms with van der Waals surface area (Å²) in [5.41, 5.74) is 6.71. The van der Waals surface area contributed by atoms with Gasteiger partial charge in [-0.1, -0.05) is 18.2 Å². The van der Waals surface area contributed by atoms with Gasteiger partial charge in [-0.15, -0.1) is 0 Å². The van der Waals surface area contributed by atoms with Crippen LogP contribution in [0.25, 0.3) is 5.69 Å². The standard InChI is InChI=1S/C9H8BrN3/c10-8-6-13(9(11)12-8)7-4-2-1-3-5-7/h1-6H,(H2,11,12). The number of anilines is 1. The van der Waals surface area contributed by atoms with E-state index in [1.54, 1.807) is 0 Å². The smallest absolute Gasteiger partial charge is 0.205 e. The molecule has 0 aliphatic rings. The number of hydrogen-bond donors (Lipinski definition) is 1. The lowest BCUT2D eigenvalue weighted by Gasteiger charge is -2.02. The van der Waals surface area contributed by atoms with E-state index in [2.05, 4.69) is 20.9 Å². The van der Waals surface area contributed by atoms with Crippen molar-refractivity contribution in [3.63, 3.8) is 0 Å². The molecule has 0 aliphatic carbocycles. The molecule has 0 fully saturated rings. The monoisotopic (exact) mass is 237 g/mol. The van der Waals surface area contributed by atoms with Gasteiger partial charge in [0.2, 0.25) is 5.95 Å². The third-order valence-corrected chi connectivity index (χ3v) is 2.12. The van der Waals surface area contributed by atoms with Crippen molar-refractivity contribution in [1.82, 2.24) is 9.55 Å². The molecule has 0 bridgehead atoms. The van der Waals surface area contributed by atoms with Crippen LogP contribution in [0.15, 0.2) is 41.1 Å². The van der Waals surface area contributed by atoms with Crippen molar-refractivity contribution < 1.29 is 0 Å². The van der Waals surface area contributed by atoms with Gasteiger partial charge in [0.25, 0.3) is 0 Å². The quantitative estimate of drug-likeness (QED) is 0.827. The van der Waals surface area contributed by atoms with Gasteiger partial charge in [-0.25, -0.2) is 4.98 Å². The first-order valence-corrected chi connectivity index (χ1v) is 4.62. The van der Waals surface area contributed by atoms with E-state index >= 15 is 0 Å². The maximum Gasteiger partial charge on any atom is 0.205 e. The molecule has 1 heterocycles. The normalized spacial score (nSPS) is 10.2. The molecule has 2 aromatic rings. The SMILES string of the molecule is Nc1nc(Br)cn1-c1ccccc1. The Kier molecular flexibility index (Phi) is 2.06. The summed E-state index contributed by atoms with van der Waals surface area (Å²) in [7, 11) is 0. The van der Waals surface area contributed by atoms with Crippen LogP contribution >= 0.6 is 15.9 Å². The largest absolute Gasteiger partial charge is 0.369 e. The highest BCUT2D eigenvalue weighted by molar-refractivity contribution is 9.10. The van der Waals surface area contributed by atoms with Gasteiger partial charge in [0, 0.05) is 11.9 Å². The van der Waals surface area contributed by atoms with Gasteiger partial charge in [-0.3, -0.25) is 4.57 Å². The summed E-state index contributed by atoms with van der Waals surface area (Å²) in [6.07, 6.45) is 1.84. The van der Waals surface area contributed by atoms with Crippen molar-refractivity contribution in [2.45, 2.75) is 0 Å². The number of rotatable bonds is 1. The number of aromatic nitrogens is 2. The van der Waals surface area contributed by atoms with Crippen LogP contribution in [0, 0.1) is 0 Å². The predicted octanol–water partition coefficient (Wildman–Crippen LogP) is 2.22. The highest BCUT2D eigenvalue weighted by atomic mass is 79.9. The van der Waals surface area contributed by atoms with Crippen LogP contribution in [-0.2, 0) is 0 Å². The Hall–Kier alpha value is -1.29. The summed E-state index contributed by atoms with van der Waals surface area (Å²) >= 11 is 3.27. The number of hydrogen-bond acceptors (Lipinski definition) is 2. The van der Waals surface area contributed by atoms with E-state index in [1.165, 1.54) is 0 Å². The fourth-order valence-corrected chi connectivity index (χ4v) is 1.55. The van der Waals surface area contributed by atoms with Crippen LogP contribution in [0.3, 0.4) is 0 Å². The molecule has 0 amide bonds. The van der Waals surface area contributed by atoms with Crippen molar-refractivity contribution in [3.05, 3.63) is 41.1 Å². The maximum absolute atomic E-state index is 5.70. The summed E-state index contributed by atoms with van der Waals surface area (Å²) < 4.78 is 2.57. The first-order chi connectivity index (χ1) is 6.27. The van der Waals surface area contributed by atoms with Gasteiger partial charge < -0.3 is 5.73 Å². The van der Waals surface area contributed by atoms with E-state index in [4.69, 9.17) is 5.73 Å². The Balaban J connectivity index is 2.53. The molecule has 1 aromatic carbocycles. The summed E-state index contributed by atoms with van der Waals surface area (Å²) in [4.78, 5) is 4.04. The Labute approximate surface area is 84.3 Å². The number of para-hydroxylation sites is 1. The first kappa shape index (κ1) is 8.31. The molecule has 0 atom stereocenters. The van der Waals surface area contributed by atoms with E-state index in [1.807, 2.05) is 41.1 Å². The average Bonchev–Trinajstić information content (AvgIpc) is 2.47. The van der Waals surface area contributed by atoms with Gasteiger partial charge in [0.15, 0.2) is 0 Å². The van der Waals surface area contributed by atoms with Crippen LogP contribution in [0.4, 0.5) is 5.95 Å². The summed E-state index contributed by atoms with van der Waals surface area (Å²) in [5, 5.41) is 0. The van der Waals surface area contributed by atoms with Crippen molar-refractivity contribution in [2.75, 3.05) is 5.73 Å². The number of nitrogens with zero attached hydrogens (tertiary/aromatic N) is 2. The number of benzene rings is 1. The molecule has 0 saturated carbocycles. The summed E-state index contributed by atoms with van der Waals surface area (Å²) in [5.74, 6) is 0.484. The Morgan fingerprint density at radius 3 is 2.46 bits per heavy atom. The predicted molar refractivity (Wildman–Crippen MR) is 55.7 cm³/mol. The second-order valence-electron chi connectivity index (χ2n) is 2.63. The minimum atomic E-state index is 0.484. The number of nitrogen functional groups attached to an aromatic ring is 1. The zero-order chi connectivity index (χ0) is 9.26. The molecule has 66 valence electrons. The number of imidazole rings is 1. The molecule has 0 radical (unpaired) electrons. The molecular formula is C9H8BrN3. The van der Waals surface area contributed by atoms with Crippen LogP contribution in [-0.4, -0.2) is 9.55 Å². The van der Waals surface area contributed by atoms with E-state index in [0.29, 0.717) is 5.95 Å². The van der Waals surface area contributed by atoms with E-state index in [9.17, 15) is 0 Å². The third kappa shape index (κ3) is 1.58. The fraction of sp³-hybridized carbons (Fsp3) is 0. The lowest BCUT2D eigenvalue weighted by Crippen LogP contribution is -1.98. The minimum absolute atomic E-state index is 0.484. The van der Waals surface area contributed by atoms with Crippen LogP contribution < -0.4 is 5.73 Å². The van der Waals surface area contributed by atoms with Gasteiger partial charge in [-0.2, -0.15) is 0 Å². The number of nitrogens with two attached hydrogens (primary N) is 1. The van der Waals surface area contributed by atoms with Crippen LogP contribution in [0.5, 0.6) is 0 Å². The fourth-order valence-electron chi connectivity index (χ4n) is 1.16. The topological polar surface area (TPSA) is 43.8 Å². The lowest BCUT2D eigenvalue weighted by molar-refractivity contribution is 1.07. The van der Waals surface area contributed by atoms with Crippen LogP contribution in [0.2, 0.25) is 0 Å². The molecule has 2 N–H and O–H groups in total. The van der Waals surface area contributed by atoms with Crippen LogP contribution in [0.1, 0.15) is 0 Å². The highest BCUT2D eigenvalue weighted by Gasteiger charge is 2.02. The molecule has 4 heteroatoms. The second-order valence-corrected chi connectivity index (χ2v) is 3.44. The first-order valence-electron chi connectivity index (χ1n) is 3.83. The molecule has 0 spiro atoms. The molecule has 1 aromatic heterocycles. The van der Waals surface area contributed by atoms with Gasteiger partial charge >= 0.3 is 0 Å². The molecule has 0 unspecified atom stereocenters. The maximum atomic E-state index is 5.70. The third-order valence-electron chi connectivity index (χ3n) is 1.74. The summed E-state index contributed by atoms with van der Waals surface area (Å²) in [6, 6.07) is 9.84. The lowest BCUT2D eigenvalue weighted by atomic mass is 10.3. The Bertz CT molecular complexity index is 408. The Morgan fingerprint density at radius 2 is 1.92 bits per heavy atom. The van der Waals surface area contributed by atoms with Crippen molar-refractivity contribution >= 4 is 21.9 Å². The van der Waals surface area contributed by atoms with E-state index in [0.717, 1.165) is 10.3 Å².